The summed E-state index contributed by atoms with van der Waals surface area (Å²) in [5.41, 5.74) is 1.48. The van der Waals surface area contributed by atoms with E-state index in [0.29, 0.717) is 13.0 Å². The first-order chi connectivity index (χ1) is 7.33. The molecule has 3 heteroatoms. The summed E-state index contributed by atoms with van der Waals surface area (Å²) in [5.74, 6) is 0. The molecule has 1 aliphatic rings. The molecule has 0 amide bonds. The molecule has 0 fully saturated rings. The summed E-state index contributed by atoms with van der Waals surface area (Å²) in [6.07, 6.45) is 9.91. The molecule has 0 aliphatic heterocycles. The zero-order chi connectivity index (χ0) is 10.9. The Morgan fingerprint density at radius 1 is 1.53 bits per heavy atom. The van der Waals surface area contributed by atoms with E-state index in [0.717, 1.165) is 19.1 Å². The van der Waals surface area contributed by atoms with E-state index in [9.17, 15) is 9.90 Å². The zero-order valence-corrected chi connectivity index (χ0v) is 9.24. The summed E-state index contributed by atoms with van der Waals surface area (Å²) >= 11 is 0. The first kappa shape index (κ1) is 12.4. The molecule has 0 aromatic rings. The largest absolute Gasteiger partial charge is 0.379 e. The Morgan fingerprint density at radius 2 is 2.40 bits per heavy atom. The normalized spacial score (nSPS) is 18.3. The molecule has 1 atom stereocenters. The van der Waals surface area contributed by atoms with Gasteiger partial charge in [0.2, 0.25) is 0 Å². The van der Waals surface area contributed by atoms with Crippen LogP contribution in [-0.2, 0) is 4.79 Å². The monoisotopic (exact) mass is 211 g/mol. The molecule has 0 heterocycles. The van der Waals surface area contributed by atoms with Crippen LogP contribution >= 0.6 is 0 Å². The number of carbonyl (C=O) groups excluding carboxylic acids is 1. The molecule has 0 spiro atoms. The van der Waals surface area contributed by atoms with Gasteiger partial charge in [0.05, 0.1) is 0 Å². The summed E-state index contributed by atoms with van der Waals surface area (Å²) < 4.78 is 0. The Bertz CT molecular complexity index is 214. The van der Waals surface area contributed by atoms with E-state index in [2.05, 4.69) is 11.4 Å². The Kier molecular flexibility index (Phi) is 6.28. The van der Waals surface area contributed by atoms with Gasteiger partial charge in [0, 0.05) is 13.0 Å². The molecule has 2 N–H and O–H groups in total. The summed E-state index contributed by atoms with van der Waals surface area (Å²) in [6.45, 7) is 0.573. The SMILES string of the molecule is O=CCCNC(O)CCC1=CCCCC1. The number of nitrogens with one attached hydrogen (secondary N) is 1. The molecule has 0 bridgehead atoms. The van der Waals surface area contributed by atoms with Crippen LogP contribution in [0.15, 0.2) is 11.6 Å². The zero-order valence-electron chi connectivity index (χ0n) is 9.24. The number of rotatable bonds is 7. The lowest BCUT2D eigenvalue weighted by atomic mass is 9.96. The summed E-state index contributed by atoms with van der Waals surface area (Å²) in [4.78, 5) is 10.1. The Balaban J connectivity index is 2.07. The van der Waals surface area contributed by atoms with Crippen molar-refractivity contribution in [3.05, 3.63) is 11.6 Å². The van der Waals surface area contributed by atoms with E-state index >= 15 is 0 Å². The van der Waals surface area contributed by atoms with Crippen molar-refractivity contribution in [3.63, 3.8) is 0 Å². The lowest BCUT2D eigenvalue weighted by molar-refractivity contribution is -0.107. The van der Waals surface area contributed by atoms with Gasteiger partial charge in [-0.2, -0.15) is 0 Å². The maximum absolute atomic E-state index is 10.1. The molecule has 3 nitrogen and oxygen atoms in total. The van der Waals surface area contributed by atoms with Crippen molar-refractivity contribution in [2.45, 2.75) is 51.2 Å². The van der Waals surface area contributed by atoms with Crippen LogP contribution in [0, 0.1) is 0 Å². The quantitative estimate of drug-likeness (QED) is 0.292. The van der Waals surface area contributed by atoms with Crippen molar-refractivity contribution in [3.8, 4) is 0 Å². The second kappa shape index (κ2) is 7.60. The molecule has 0 aromatic carbocycles. The maximum atomic E-state index is 10.1. The third-order valence-corrected chi connectivity index (χ3v) is 2.77. The van der Waals surface area contributed by atoms with E-state index in [1.54, 1.807) is 0 Å². The van der Waals surface area contributed by atoms with Crippen LogP contribution in [0.25, 0.3) is 0 Å². The molecule has 86 valence electrons. The van der Waals surface area contributed by atoms with Crippen molar-refractivity contribution in [2.75, 3.05) is 6.54 Å². The van der Waals surface area contributed by atoms with Gasteiger partial charge in [-0.1, -0.05) is 11.6 Å². The Labute approximate surface area is 91.6 Å². The van der Waals surface area contributed by atoms with Crippen LogP contribution in [0.5, 0.6) is 0 Å². The van der Waals surface area contributed by atoms with Gasteiger partial charge in [-0.15, -0.1) is 0 Å². The van der Waals surface area contributed by atoms with Crippen LogP contribution in [0.1, 0.15) is 44.9 Å². The predicted molar refractivity (Wildman–Crippen MR) is 60.5 cm³/mol. The molecule has 1 rings (SSSR count). The third-order valence-electron chi connectivity index (χ3n) is 2.77. The Hall–Kier alpha value is -0.670. The molecule has 0 saturated heterocycles. The van der Waals surface area contributed by atoms with E-state index < -0.39 is 6.23 Å². The standard InChI is InChI=1S/C12H21NO2/c14-10-4-9-13-12(15)8-7-11-5-2-1-3-6-11/h5,10,12-13,15H,1-4,6-9H2. The highest BCUT2D eigenvalue weighted by atomic mass is 16.3. The van der Waals surface area contributed by atoms with Crippen LogP contribution in [-0.4, -0.2) is 24.2 Å². The topological polar surface area (TPSA) is 49.3 Å². The summed E-state index contributed by atoms with van der Waals surface area (Å²) in [7, 11) is 0. The van der Waals surface area contributed by atoms with Crippen molar-refractivity contribution >= 4 is 6.29 Å². The second-order valence-electron chi connectivity index (χ2n) is 4.07. The van der Waals surface area contributed by atoms with Crippen LogP contribution in [0.4, 0.5) is 0 Å². The number of aldehydes is 1. The minimum atomic E-state index is -0.465. The van der Waals surface area contributed by atoms with Crippen molar-refractivity contribution in [1.29, 1.82) is 0 Å². The number of hydrogen-bond donors (Lipinski definition) is 2. The fourth-order valence-electron chi connectivity index (χ4n) is 1.86. The average molecular weight is 211 g/mol. The average Bonchev–Trinajstić information content (AvgIpc) is 2.28. The molecule has 1 aliphatic carbocycles. The number of hydrogen-bond acceptors (Lipinski definition) is 3. The van der Waals surface area contributed by atoms with Gasteiger partial charge < -0.3 is 9.90 Å². The predicted octanol–water partition coefficient (Wildman–Crippen LogP) is 1.76. The highest BCUT2D eigenvalue weighted by Gasteiger charge is 2.07. The molecule has 15 heavy (non-hydrogen) atoms. The highest BCUT2D eigenvalue weighted by molar-refractivity contribution is 5.49. The summed E-state index contributed by atoms with van der Waals surface area (Å²) in [6, 6.07) is 0. The minimum Gasteiger partial charge on any atom is -0.379 e. The fraction of sp³-hybridized carbons (Fsp3) is 0.750. The number of aliphatic hydroxyl groups is 1. The molecular weight excluding hydrogens is 190 g/mol. The van der Waals surface area contributed by atoms with E-state index in [-0.39, 0.29) is 0 Å². The first-order valence-electron chi connectivity index (χ1n) is 5.86. The van der Waals surface area contributed by atoms with E-state index in [4.69, 9.17) is 0 Å². The lowest BCUT2D eigenvalue weighted by Gasteiger charge is -2.15. The van der Waals surface area contributed by atoms with Gasteiger partial charge in [0.25, 0.3) is 0 Å². The smallest absolute Gasteiger partial charge is 0.121 e. The first-order valence-corrected chi connectivity index (χ1v) is 5.86. The van der Waals surface area contributed by atoms with Gasteiger partial charge in [0.1, 0.15) is 12.5 Å². The van der Waals surface area contributed by atoms with Crippen molar-refractivity contribution in [2.24, 2.45) is 0 Å². The molecule has 1 unspecified atom stereocenters. The third kappa shape index (κ3) is 5.70. The molecule has 0 radical (unpaired) electrons. The van der Waals surface area contributed by atoms with Crippen LogP contribution in [0.3, 0.4) is 0 Å². The minimum absolute atomic E-state index is 0.465. The van der Waals surface area contributed by atoms with E-state index in [1.807, 2.05) is 0 Å². The molecule has 0 aromatic heterocycles. The maximum Gasteiger partial charge on any atom is 0.121 e. The summed E-state index contributed by atoms with van der Waals surface area (Å²) in [5, 5.41) is 12.5. The van der Waals surface area contributed by atoms with Crippen molar-refractivity contribution in [1.82, 2.24) is 5.32 Å². The number of aliphatic hydroxyl groups excluding tert-OH is 1. The van der Waals surface area contributed by atoms with Gasteiger partial charge in [-0.05, 0) is 38.5 Å². The molecule has 0 saturated carbocycles. The van der Waals surface area contributed by atoms with E-state index in [1.165, 1.54) is 31.3 Å². The van der Waals surface area contributed by atoms with Gasteiger partial charge >= 0.3 is 0 Å². The lowest BCUT2D eigenvalue weighted by Crippen LogP contribution is -2.29. The number of carbonyl (C=O) groups is 1. The van der Waals surface area contributed by atoms with Crippen LogP contribution < -0.4 is 5.32 Å². The van der Waals surface area contributed by atoms with Crippen molar-refractivity contribution < 1.29 is 9.90 Å². The van der Waals surface area contributed by atoms with Gasteiger partial charge in [0.15, 0.2) is 0 Å². The highest BCUT2D eigenvalue weighted by Crippen LogP contribution is 2.21. The van der Waals surface area contributed by atoms with Crippen LogP contribution in [0.2, 0.25) is 0 Å². The number of allylic oxidation sites excluding steroid dienone is 2. The molecular formula is C12H21NO2. The van der Waals surface area contributed by atoms with Gasteiger partial charge in [-0.3, -0.25) is 5.32 Å². The fourth-order valence-corrected chi connectivity index (χ4v) is 1.86. The Morgan fingerprint density at radius 3 is 3.07 bits per heavy atom. The second-order valence-corrected chi connectivity index (χ2v) is 4.07. The van der Waals surface area contributed by atoms with Gasteiger partial charge in [-0.25, -0.2) is 0 Å².